The smallest absolute Gasteiger partial charge is 0.297 e. The van der Waals surface area contributed by atoms with Gasteiger partial charge in [-0.15, -0.1) is 0 Å². The van der Waals surface area contributed by atoms with E-state index >= 15 is 0 Å². The van der Waals surface area contributed by atoms with Crippen LogP contribution in [0.1, 0.15) is 19.8 Å². The summed E-state index contributed by atoms with van der Waals surface area (Å²) in [6.45, 7) is 2.64. The van der Waals surface area contributed by atoms with Crippen LogP contribution in [0.15, 0.2) is 23.0 Å². The molecular formula is C15H19NO4. The first kappa shape index (κ1) is 14.2. The third-order valence-corrected chi connectivity index (χ3v) is 3.34. The van der Waals surface area contributed by atoms with Crippen molar-refractivity contribution in [2.24, 2.45) is 0 Å². The molecule has 5 heteroatoms. The number of pyridine rings is 1. The lowest BCUT2D eigenvalue weighted by atomic mass is 10.1. The number of ether oxygens (including phenoxy) is 2. The van der Waals surface area contributed by atoms with Gasteiger partial charge < -0.3 is 19.1 Å². The first-order valence-corrected chi connectivity index (χ1v) is 6.61. The minimum absolute atomic E-state index is 0.0150. The Balaban J connectivity index is 2.79. The van der Waals surface area contributed by atoms with Crippen molar-refractivity contribution in [3.63, 3.8) is 0 Å². The summed E-state index contributed by atoms with van der Waals surface area (Å²) in [6, 6.07) is 5.23. The van der Waals surface area contributed by atoms with Gasteiger partial charge in [0.05, 0.1) is 19.7 Å². The van der Waals surface area contributed by atoms with E-state index in [1.165, 1.54) is 7.11 Å². The Morgan fingerprint density at radius 3 is 2.60 bits per heavy atom. The van der Waals surface area contributed by atoms with E-state index in [0.29, 0.717) is 23.2 Å². The molecule has 108 valence electrons. The Bertz CT molecular complexity index is 676. The molecule has 1 aromatic heterocycles. The number of rotatable bonds is 5. The Morgan fingerprint density at radius 1 is 1.25 bits per heavy atom. The van der Waals surface area contributed by atoms with Crippen molar-refractivity contribution in [3.05, 3.63) is 28.6 Å². The molecule has 2 rings (SSSR count). The van der Waals surface area contributed by atoms with Gasteiger partial charge in [0.15, 0.2) is 5.75 Å². The van der Waals surface area contributed by atoms with E-state index in [4.69, 9.17) is 9.47 Å². The fourth-order valence-electron chi connectivity index (χ4n) is 2.24. The van der Waals surface area contributed by atoms with Gasteiger partial charge >= 0.3 is 0 Å². The molecule has 2 aromatic rings. The molecule has 1 aromatic carbocycles. The zero-order chi connectivity index (χ0) is 14.7. The van der Waals surface area contributed by atoms with Gasteiger partial charge in [-0.25, -0.2) is 0 Å². The van der Waals surface area contributed by atoms with Gasteiger partial charge in [0.25, 0.3) is 5.56 Å². The zero-order valence-corrected chi connectivity index (χ0v) is 12.0. The number of fused-ring (bicyclic) bond motifs is 1. The number of unbranched alkanes of at least 4 members (excludes halogenated alkanes) is 1. The van der Waals surface area contributed by atoms with Crippen molar-refractivity contribution in [3.8, 4) is 17.2 Å². The summed E-state index contributed by atoms with van der Waals surface area (Å²) in [6.07, 6.45) is 1.85. The lowest BCUT2D eigenvalue weighted by Crippen LogP contribution is -2.22. The average Bonchev–Trinajstić information content (AvgIpc) is 2.47. The predicted molar refractivity (Wildman–Crippen MR) is 77.9 cm³/mol. The molecule has 0 bridgehead atoms. The normalized spacial score (nSPS) is 10.8. The zero-order valence-electron chi connectivity index (χ0n) is 12.0. The quantitative estimate of drug-likeness (QED) is 0.912. The molecule has 5 nitrogen and oxygen atoms in total. The molecule has 0 atom stereocenters. The van der Waals surface area contributed by atoms with Crippen molar-refractivity contribution in [2.75, 3.05) is 14.2 Å². The second kappa shape index (κ2) is 5.86. The predicted octanol–water partition coefficient (Wildman–Crippen LogP) is 2.52. The monoisotopic (exact) mass is 277 g/mol. The van der Waals surface area contributed by atoms with Crippen LogP contribution in [0.4, 0.5) is 0 Å². The van der Waals surface area contributed by atoms with E-state index in [1.54, 1.807) is 29.9 Å². The standard InChI is InChI=1S/C15H19NO4/c1-4-5-8-16-12-9-10(19-2)6-7-11(12)13(17)14(20-3)15(16)18/h6-7,9,17H,4-5,8H2,1-3H3. The number of hydrogen-bond donors (Lipinski definition) is 1. The van der Waals surface area contributed by atoms with Gasteiger partial charge in [0, 0.05) is 18.0 Å². The molecule has 0 aliphatic rings. The van der Waals surface area contributed by atoms with Crippen LogP contribution < -0.4 is 15.0 Å². The molecule has 0 aliphatic heterocycles. The van der Waals surface area contributed by atoms with E-state index in [-0.39, 0.29) is 17.1 Å². The molecule has 0 spiro atoms. The van der Waals surface area contributed by atoms with E-state index < -0.39 is 0 Å². The lowest BCUT2D eigenvalue weighted by Gasteiger charge is -2.14. The molecule has 0 unspecified atom stereocenters. The average molecular weight is 277 g/mol. The number of aromatic nitrogens is 1. The first-order valence-electron chi connectivity index (χ1n) is 6.61. The van der Waals surface area contributed by atoms with E-state index in [1.807, 2.05) is 0 Å². The summed E-state index contributed by atoms with van der Waals surface area (Å²) in [7, 11) is 2.95. The van der Waals surface area contributed by atoms with Crippen LogP contribution in [0, 0.1) is 0 Å². The number of benzene rings is 1. The molecule has 0 aliphatic carbocycles. The fraction of sp³-hybridized carbons (Fsp3) is 0.400. The Kier molecular flexibility index (Phi) is 4.17. The van der Waals surface area contributed by atoms with Crippen molar-refractivity contribution in [1.82, 2.24) is 4.57 Å². The van der Waals surface area contributed by atoms with Gasteiger partial charge in [0.2, 0.25) is 5.75 Å². The van der Waals surface area contributed by atoms with Crippen LogP contribution in [0.3, 0.4) is 0 Å². The van der Waals surface area contributed by atoms with Gasteiger partial charge in [-0.3, -0.25) is 4.79 Å². The Hall–Kier alpha value is -2.17. The summed E-state index contributed by atoms with van der Waals surface area (Å²) in [5.74, 6) is 0.508. The van der Waals surface area contributed by atoms with Gasteiger partial charge in [0.1, 0.15) is 5.75 Å². The maximum Gasteiger partial charge on any atom is 0.297 e. The molecule has 1 heterocycles. The van der Waals surface area contributed by atoms with Crippen LogP contribution in [0.2, 0.25) is 0 Å². The number of aromatic hydroxyl groups is 1. The minimum Gasteiger partial charge on any atom is -0.504 e. The van der Waals surface area contributed by atoms with Crippen molar-refractivity contribution < 1.29 is 14.6 Å². The molecule has 0 saturated heterocycles. The second-order valence-electron chi connectivity index (χ2n) is 4.58. The van der Waals surface area contributed by atoms with Gasteiger partial charge in [-0.05, 0) is 18.6 Å². The number of hydrogen-bond acceptors (Lipinski definition) is 4. The SMILES string of the molecule is CCCCn1c(=O)c(OC)c(O)c2ccc(OC)cc21. The van der Waals surface area contributed by atoms with Crippen molar-refractivity contribution in [1.29, 1.82) is 0 Å². The molecular weight excluding hydrogens is 258 g/mol. The molecule has 0 radical (unpaired) electrons. The Morgan fingerprint density at radius 2 is 2.00 bits per heavy atom. The van der Waals surface area contributed by atoms with Crippen LogP contribution >= 0.6 is 0 Å². The molecule has 0 fully saturated rings. The largest absolute Gasteiger partial charge is 0.504 e. The van der Waals surface area contributed by atoms with Crippen LogP contribution in [0.5, 0.6) is 17.2 Å². The maximum atomic E-state index is 12.4. The highest BCUT2D eigenvalue weighted by molar-refractivity contribution is 5.88. The summed E-state index contributed by atoms with van der Waals surface area (Å²) >= 11 is 0. The van der Waals surface area contributed by atoms with Crippen molar-refractivity contribution >= 4 is 10.9 Å². The highest BCUT2D eigenvalue weighted by Crippen LogP contribution is 2.33. The van der Waals surface area contributed by atoms with Crippen LogP contribution in [-0.4, -0.2) is 23.9 Å². The fourth-order valence-corrected chi connectivity index (χ4v) is 2.24. The van der Waals surface area contributed by atoms with E-state index in [9.17, 15) is 9.90 Å². The van der Waals surface area contributed by atoms with Crippen LogP contribution in [0.25, 0.3) is 10.9 Å². The van der Waals surface area contributed by atoms with Crippen LogP contribution in [-0.2, 0) is 6.54 Å². The summed E-state index contributed by atoms with van der Waals surface area (Å²) < 4.78 is 11.9. The number of nitrogens with zero attached hydrogens (tertiary/aromatic N) is 1. The number of methoxy groups -OCH3 is 2. The summed E-state index contributed by atoms with van der Waals surface area (Å²) in [5.41, 5.74) is 0.334. The molecule has 20 heavy (non-hydrogen) atoms. The maximum absolute atomic E-state index is 12.4. The summed E-state index contributed by atoms with van der Waals surface area (Å²) in [5, 5.41) is 10.7. The third-order valence-electron chi connectivity index (χ3n) is 3.34. The number of aryl methyl sites for hydroxylation is 1. The van der Waals surface area contributed by atoms with Gasteiger partial charge in [-0.1, -0.05) is 13.3 Å². The Labute approximate surface area is 117 Å². The van der Waals surface area contributed by atoms with E-state index in [0.717, 1.165) is 12.8 Å². The lowest BCUT2D eigenvalue weighted by molar-refractivity contribution is 0.366. The highest BCUT2D eigenvalue weighted by Gasteiger charge is 2.17. The third kappa shape index (κ3) is 2.31. The topological polar surface area (TPSA) is 60.7 Å². The molecule has 0 amide bonds. The first-order chi connectivity index (χ1) is 9.63. The van der Waals surface area contributed by atoms with Gasteiger partial charge in [-0.2, -0.15) is 0 Å². The minimum atomic E-state index is -0.320. The second-order valence-corrected chi connectivity index (χ2v) is 4.58. The molecule has 1 N–H and O–H groups in total. The van der Waals surface area contributed by atoms with Crippen molar-refractivity contribution in [2.45, 2.75) is 26.3 Å². The highest BCUT2D eigenvalue weighted by atomic mass is 16.5. The summed E-state index contributed by atoms with van der Waals surface area (Å²) in [4.78, 5) is 12.4. The molecule has 0 saturated carbocycles. The van der Waals surface area contributed by atoms with E-state index in [2.05, 4.69) is 6.92 Å².